The number of anilines is 1. The Bertz CT molecular complexity index is 411. The Balaban J connectivity index is 2.27. The number of ketones is 1. The van der Waals surface area contributed by atoms with Gasteiger partial charge < -0.3 is 9.69 Å². The molecule has 2 nitrogen and oxygen atoms in total. The second kappa shape index (κ2) is 4.52. The van der Waals surface area contributed by atoms with Gasteiger partial charge in [-0.25, -0.2) is 0 Å². The van der Waals surface area contributed by atoms with Crippen molar-refractivity contribution in [1.82, 2.24) is 0 Å². The highest BCUT2D eigenvalue weighted by Crippen LogP contribution is 2.37. The molecule has 0 bridgehead atoms. The first kappa shape index (κ1) is 10.9. The van der Waals surface area contributed by atoms with Crippen LogP contribution in [0.25, 0.3) is 0 Å². The molecule has 1 aliphatic rings. The smallest absolute Gasteiger partial charge is 0.130 e. The maximum atomic E-state index is 11.2. The third-order valence-corrected chi connectivity index (χ3v) is 3.04. The minimum Gasteiger partial charge on any atom is -0.367 e. The monoisotopic (exact) mass is 215 g/mol. The lowest BCUT2D eigenvalue weighted by Gasteiger charge is -2.17. The van der Waals surface area contributed by atoms with Crippen molar-refractivity contribution < 1.29 is 4.79 Å². The highest BCUT2D eigenvalue weighted by atomic mass is 16.1. The number of rotatable bonds is 4. The fourth-order valence-electron chi connectivity index (χ4n) is 2.43. The molecule has 2 heteroatoms. The number of carbonyl (C=O) groups is 1. The van der Waals surface area contributed by atoms with Gasteiger partial charge in [0.1, 0.15) is 5.78 Å². The van der Waals surface area contributed by atoms with Crippen LogP contribution in [0.15, 0.2) is 36.9 Å². The van der Waals surface area contributed by atoms with Gasteiger partial charge in [-0.3, -0.25) is 0 Å². The number of benzene rings is 1. The molecule has 1 aromatic rings. The number of fused-ring (bicyclic) bond motifs is 1. The van der Waals surface area contributed by atoms with Crippen molar-refractivity contribution in [3.63, 3.8) is 0 Å². The summed E-state index contributed by atoms with van der Waals surface area (Å²) in [5, 5.41) is 0. The van der Waals surface area contributed by atoms with E-state index in [0.717, 1.165) is 13.1 Å². The zero-order valence-electron chi connectivity index (χ0n) is 9.65. The Hall–Kier alpha value is -1.57. The fourth-order valence-corrected chi connectivity index (χ4v) is 2.43. The standard InChI is InChI=1S/C14H17NO/c1-3-8-15-10-12(9-11(2)16)13-6-4-5-7-14(13)15/h3-7,12H,1,8-10H2,2H3. The zero-order chi connectivity index (χ0) is 11.5. The summed E-state index contributed by atoms with van der Waals surface area (Å²) in [5.74, 6) is 0.619. The van der Waals surface area contributed by atoms with Crippen LogP contribution in [0.1, 0.15) is 24.8 Å². The first-order valence-electron chi connectivity index (χ1n) is 5.66. The molecule has 0 fully saturated rings. The second-order valence-electron chi connectivity index (χ2n) is 4.36. The third kappa shape index (κ3) is 2.01. The summed E-state index contributed by atoms with van der Waals surface area (Å²) in [6.45, 7) is 7.23. The quantitative estimate of drug-likeness (QED) is 0.720. The van der Waals surface area contributed by atoms with Gasteiger partial charge in [0, 0.05) is 31.1 Å². The number of nitrogens with zero attached hydrogens (tertiary/aromatic N) is 1. The van der Waals surface area contributed by atoms with Crippen molar-refractivity contribution in [1.29, 1.82) is 0 Å². The summed E-state index contributed by atoms with van der Waals surface area (Å²) < 4.78 is 0. The first-order valence-corrected chi connectivity index (χ1v) is 5.66. The normalized spacial score (nSPS) is 18.3. The van der Waals surface area contributed by atoms with Crippen LogP contribution in [0.2, 0.25) is 0 Å². The van der Waals surface area contributed by atoms with Crippen molar-refractivity contribution in [2.24, 2.45) is 0 Å². The van der Waals surface area contributed by atoms with Crippen LogP contribution in [0.4, 0.5) is 5.69 Å². The molecule has 0 saturated carbocycles. The average molecular weight is 215 g/mol. The summed E-state index contributed by atoms with van der Waals surface area (Å²) in [4.78, 5) is 13.5. The third-order valence-electron chi connectivity index (χ3n) is 3.04. The molecular weight excluding hydrogens is 198 g/mol. The molecule has 0 aromatic heterocycles. The molecule has 0 amide bonds. The van der Waals surface area contributed by atoms with E-state index in [-0.39, 0.29) is 5.78 Å². The summed E-state index contributed by atoms with van der Waals surface area (Å²) in [5.41, 5.74) is 2.56. The van der Waals surface area contributed by atoms with Gasteiger partial charge in [0.25, 0.3) is 0 Å². The molecule has 1 unspecified atom stereocenters. The van der Waals surface area contributed by atoms with Crippen LogP contribution in [-0.4, -0.2) is 18.9 Å². The van der Waals surface area contributed by atoms with Gasteiger partial charge in [-0.2, -0.15) is 0 Å². The highest BCUT2D eigenvalue weighted by Gasteiger charge is 2.27. The van der Waals surface area contributed by atoms with Crippen molar-refractivity contribution in [3.05, 3.63) is 42.5 Å². The van der Waals surface area contributed by atoms with Gasteiger partial charge in [0.15, 0.2) is 0 Å². The van der Waals surface area contributed by atoms with Gasteiger partial charge in [-0.05, 0) is 18.6 Å². The second-order valence-corrected chi connectivity index (χ2v) is 4.36. The molecule has 0 saturated heterocycles. The van der Waals surface area contributed by atoms with E-state index in [1.165, 1.54) is 11.3 Å². The molecule has 1 atom stereocenters. The summed E-state index contributed by atoms with van der Waals surface area (Å²) in [6.07, 6.45) is 2.55. The van der Waals surface area contributed by atoms with Gasteiger partial charge >= 0.3 is 0 Å². The van der Waals surface area contributed by atoms with Crippen LogP contribution < -0.4 is 4.90 Å². The predicted molar refractivity (Wildman–Crippen MR) is 66.9 cm³/mol. The molecule has 16 heavy (non-hydrogen) atoms. The van der Waals surface area contributed by atoms with Crippen molar-refractivity contribution in [2.45, 2.75) is 19.3 Å². The maximum absolute atomic E-state index is 11.2. The molecule has 0 spiro atoms. The Morgan fingerprint density at radius 2 is 2.31 bits per heavy atom. The Kier molecular flexibility index (Phi) is 3.09. The number of para-hydroxylation sites is 1. The molecule has 1 heterocycles. The van der Waals surface area contributed by atoms with E-state index in [0.29, 0.717) is 12.3 Å². The van der Waals surface area contributed by atoms with Crippen LogP contribution in [0.3, 0.4) is 0 Å². The van der Waals surface area contributed by atoms with Crippen molar-refractivity contribution in [2.75, 3.05) is 18.0 Å². The number of Topliss-reactive ketones (excluding diaryl/α,β-unsaturated/α-hetero) is 1. The van der Waals surface area contributed by atoms with Crippen LogP contribution in [-0.2, 0) is 4.79 Å². The Morgan fingerprint density at radius 3 is 3.00 bits per heavy atom. The molecule has 0 aliphatic carbocycles. The van der Waals surface area contributed by atoms with E-state index < -0.39 is 0 Å². The lowest BCUT2D eigenvalue weighted by atomic mass is 9.96. The maximum Gasteiger partial charge on any atom is 0.130 e. The summed E-state index contributed by atoms with van der Waals surface area (Å²) in [7, 11) is 0. The molecular formula is C14H17NO. The Labute approximate surface area is 96.6 Å². The summed E-state index contributed by atoms with van der Waals surface area (Å²) >= 11 is 0. The molecule has 1 aliphatic heterocycles. The SMILES string of the molecule is C=CCN1CC(CC(C)=O)c2ccccc21. The topological polar surface area (TPSA) is 20.3 Å². The van der Waals surface area contributed by atoms with E-state index in [2.05, 4.69) is 23.6 Å². The molecule has 0 radical (unpaired) electrons. The summed E-state index contributed by atoms with van der Waals surface area (Å²) in [6, 6.07) is 8.35. The van der Waals surface area contributed by atoms with Crippen molar-refractivity contribution >= 4 is 11.5 Å². The minimum atomic E-state index is 0.264. The molecule has 1 aromatic carbocycles. The average Bonchev–Trinajstić information content (AvgIpc) is 2.58. The van der Waals surface area contributed by atoms with E-state index in [1.54, 1.807) is 6.92 Å². The molecule has 2 rings (SSSR count). The van der Waals surface area contributed by atoms with Gasteiger partial charge in [-0.15, -0.1) is 6.58 Å². The number of hydrogen-bond acceptors (Lipinski definition) is 2. The van der Waals surface area contributed by atoms with Crippen LogP contribution >= 0.6 is 0 Å². The molecule has 84 valence electrons. The van der Waals surface area contributed by atoms with E-state index in [4.69, 9.17) is 0 Å². The van der Waals surface area contributed by atoms with Crippen molar-refractivity contribution in [3.8, 4) is 0 Å². The zero-order valence-corrected chi connectivity index (χ0v) is 9.65. The number of carbonyl (C=O) groups excluding carboxylic acids is 1. The minimum absolute atomic E-state index is 0.264. The van der Waals surface area contributed by atoms with E-state index in [9.17, 15) is 4.79 Å². The van der Waals surface area contributed by atoms with Gasteiger partial charge in [0.05, 0.1) is 0 Å². The van der Waals surface area contributed by atoms with E-state index in [1.807, 2.05) is 18.2 Å². The molecule has 0 N–H and O–H groups in total. The largest absolute Gasteiger partial charge is 0.367 e. The lowest BCUT2D eigenvalue weighted by Crippen LogP contribution is -2.22. The Morgan fingerprint density at radius 1 is 1.56 bits per heavy atom. The van der Waals surface area contributed by atoms with Gasteiger partial charge in [0.2, 0.25) is 0 Å². The van der Waals surface area contributed by atoms with Crippen LogP contribution in [0.5, 0.6) is 0 Å². The number of hydrogen-bond donors (Lipinski definition) is 0. The first-order chi connectivity index (χ1) is 7.72. The van der Waals surface area contributed by atoms with Gasteiger partial charge in [-0.1, -0.05) is 24.3 Å². The highest BCUT2D eigenvalue weighted by molar-refractivity contribution is 5.78. The fraction of sp³-hybridized carbons (Fsp3) is 0.357. The predicted octanol–water partition coefficient (Wildman–Crippen LogP) is 2.76. The van der Waals surface area contributed by atoms with Crippen LogP contribution in [0, 0.1) is 0 Å². The van der Waals surface area contributed by atoms with E-state index >= 15 is 0 Å². The lowest BCUT2D eigenvalue weighted by molar-refractivity contribution is -0.117.